The van der Waals surface area contributed by atoms with Gasteiger partial charge in [0.15, 0.2) is 5.16 Å². The topological polar surface area (TPSA) is 72.2 Å². The maximum absolute atomic E-state index is 12.1. The molecule has 1 aromatic carbocycles. The van der Waals surface area contributed by atoms with Crippen LogP contribution in [0.5, 0.6) is 0 Å². The summed E-state index contributed by atoms with van der Waals surface area (Å²) in [5, 5.41) is 5.87. The van der Waals surface area contributed by atoms with Crippen LogP contribution in [0.15, 0.2) is 40.6 Å². The van der Waals surface area contributed by atoms with Crippen LogP contribution >= 0.6 is 35.0 Å². The number of rotatable bonds is 6. The van der Waals surface area contributed by atoms with Gasteiger partial charge in [-0.2, -0.15) is 5.10 Å². The number of hydrogen-bond acceptors (Lipinski definition) is 5. The van der Waals surface area contributed by atoms with Gasteiger partial charge in [0.2, 0.25) is 0 Å². The number of amides is 1. The molecule has 3 aromatic rings. The van der Waals surface area contributed by atoms with Crippen LogP contribution < -0.4 is 5.43 Å². The fourth-order valence-corrected chi connectivity index (χ4v) is 4.15. The standard InChI is InChI=1S/C21H21Cl2N5OS/c1-12-7-13(2)26-21(25-12)30-11-20(29)27-24-10-16-8-14(3)28(15(16)4)19-9-17(22)5-6-18(19)23/h5-10H,11H2,1-4H3,(H,27,29)/b24-10-. The molecule has 0 aliphatic rings. The van der Waals surface area contributed by atoms with Gasteiger partial charge in [-0.15, -0.1) is 0 Å². The summed E-state index contributed by atoms with van der Waals surface area (Å²) < 4.78 is 2.00. The highest BCUT2D eigenvalue weighted by atomic mass is 35.5. The zero-order chi connectivity index (χ0) is 21.8. The van der Waals surface area contributed by atoms with E-state index in [-0.39, 0.29) is 11.7 Å². The van der Waals surface area contributed by atoms with Crippen molar-refractivity contribution in [2.75, 3.05) is 5.75 Å². The Labute approximate surface area is 189 Å². The summed E-state index contributed by atoms with van der Waals surface area (Å²) in [7, 11) is 0. The van der Waals surface area contributed by atoms with Gasteiger partial charge < -0.3 is 4.57 Å². The molecule has 1 N–H and O–H groups in total. The van der Waals surface area contributed by atoms with Crippen LogP contribution in [0.25, 0.3) is 5.69 Å². The number of carbonyl (C=O) groups excluding carboxylic acids is 1. The largest absolute Gasteiger partial charge is 0.316 e. The first kappa shape index (κ1) is 22.3. The Balaban J connectivity index is 1.66. The summed E-state index contributed by atoms with van der Waals surface area (Å²) in [6.45, 7) is 7.73. The molecule has 0 aliphatic carbocycles. The van der Waals surface area contributed by atoms with Gasteiger partial charge >= 0.3 is 0 Å². The molecule has 2 aromatic heterocycles. The molecule has 156 valence electrons. The number of halogens is 2. The van der Waals surface area contributed by atoms with Crippen LogP contribution in [0.2, 0.25) is 10.0 Å². The SMILES string of the molecule is Cc1cc(C)nc(SCC(=O)N/N=C\c2cc(C)n(-c3cc(Cl)ccc3Cl)c2C)n1. The number of carbonyl (C=O) groups is 1. The lowest BCUT2D eigenvalue weighted by Crippen LogP contribution is -2.19. The second kappa shape index (κ2) is 9.64. The monoisotopic (exact) mass is 461 g/mol. The van der Waals surface area contributed by atoms with Crippen molar-refractivity contribution in [2.45, 2.75) is 32.9 Å². The first-order valence-corrected chi connectivity index (χ1v) is 10.9. The third-order valence-electron chi connectivity index (χ3n) is 4.31. The number of nitrogens with one attached hydrogen (secondary N) is 1. The van der Waals surface area contributed by atoms with Gasteiger partial charge in [0.25, 0.3) is 5.91 Å². The molecule has 0 spiro atoms. The van der Waals surface area contributed by atoms with Crippen molar-refractivity contribution in [2.24, 2.45) is 5.10 Å². The smallest absolute Gasteiger partial charge is 0.250 e. The minimum atomic E-state index is -0.231. The molecule has 0 atom stereocenters. The highest BCUT2D eigenvalue weighted by Crippen LogP contribution is 2.28. The minimum Gasteiger partial charge on any atom is -0.316 e. The Kier molecular flexibility index (Phi) is 7.18. The summed E-state index contributed by atoms with van der Waals surface area (Å²) in [6.07, 6.45) is 1.62. The van der Waals surface area contributed by atoms with E-state index < -0.39 is 0 Å². The number of aromatic nitrogens is 3. The van der Waals surface area contributed by atoms with Crippen molar-refractivity contribution < 1.29 is 4.79 Å². The zero-order valence-electron chi connectivity index (χ0n) is 17.0. The first-order chi connectivity index (χ1) is 14.2. The highest BCUT2D eigenvalue weighted by Gasteiger charge is 2.13. The van der Waals surface area contributed by atoms with Gasteiger partial charge in [-0.05, 0) is 58.0 Å². The normalized spacial score (nSPS) is 11.3. The van der Waals surface area contributed by atoms with E-state index in [4.69, 9.17) is 23.2 Å². The predicted octanol–water partition coefficient (Wildman–Crippen LogP) is 5.05. The van der Waals surface area contributed by atoms with Crippen LogP contribution in [0.4, 0.5) is 0 Å². The summed E-state index contributed by atoms with van der Waals surface area (Å²) in [4.78, 5) is 20.7. The molecule has 0 saturated carbocycles. The van der Waals surface area contributed by atoms with Crippen LogP contribution in [0, 0.1) is 27.7 Å². The van der Waals surface area contributed by atoms with Crippen molar-refractivity contribution >= 4 is 47.1 Å². The Bertz CT molecular complexity index is 1110. The Morgan fingerprint density at radius 1 is 1.13 bits per heavy atom. The van der Waals surface area contributed by atoms with E-state index in [1.807, 2.05) is 50.5 Å². The lowest BCUT2D eigenvalue weighted by molar-refractivity contribution is -0.118. The molecule has 3 rings (SSSR count). The quantitative estimate of drug-likeness (QED) is 0.241. The van der Waals surface area contributed by atoms with Crippen LogP contribution in [0.1, 0.15) is 28.3 Å². The summed E-state index contributed by atoms with van der Waals surface area (Å²) >= 11 is 13.8. The van der Waals surface area contributed by atoms with Crippen LogP contribution in [-0.2, 0) is 4.79 Å². The molecule has 2 heterocycles. The molecule has 0 unspecified atom stereocenters. The second-order valence-corrected chi connectivity index (χ2v) is 8.56. The number of hydrogen-bond donors (Lipinski definition) is 1. The number of benzene rings is 1. The molecule has 0 bridgehead atoms. The minimum absolute atomic E-state index is 0.178. The van der Waals surface area contributed by atoms with E-state index in [0.717, 1.165) is 34.0 Å². The lowest BCUT2D eigenvalue weighted by Gasteiger charge is -2.12. The lowest BCUT2D eigenvalue weighted by atomic mass is 10.2. The number of thioether (sulfide) groups is 1. The maximum atomic E-state index is 12.1. The fraction of sp³-hybridized carbons (Fsp3) is 0.238. The Hall–Kier alpha value is -2.35. The van der Waals surface area contributed by atoms with Gasteiger partial charge in [-0.25, -0.2) is 15.4 Å². The van der Waals surface area contributed by atoms with E-state index in [0.29, 0.717) is 15.2 Å². The Morgan fingerprint density at radius 2 is 1.83 bits per heavy atom. The molecule has 0 radical (unpaired) electrons. The van der Waals surface area contributed by atoms with E-state index in [9.17, 15) is 4.79 Å². The van der Waals surface area contributed by atoms with E-state index >= 15 is 0 Å². The molecule has 6 nitrogen and oxygen atoms in total. The summed E-state index contributed by atoms with van der Waals surface area (Å²) in [5.41, 5.74) is 7.88. The third-order valence-corrected chi connectivity index (χ3v) is 5.71. The van der Waals surface area contributed by atoms with Crippen molar-refractivity contribution in [3.05, 3.63) is 68.7 Å². The third kappa shape index (κ3) is 5.41. The second-order valence-electron chi connectivity index (χ2n) is 6.77. The van der Waals surface area contributed by atoms with E-state index in [1.54, 1.807) is 18.3 Å². The van der Waals surface area contributed by atoms with Crippen LogP contribution in [0.3, 0.4) is 0 Å². The van der Waals surface area contributed by atoms with E-state index in [1.165, 1.54) is 11.8 Å². The number of hydrazone groups is 1. The maximum Gasteiger partial charge on any atom is 0.250 e. The average molecular weight is 462 g/mol. The number of nitrogens with zero attached hydrogens (tertiary/aromatic N) is 4. The first-order valence-electron chi connectivity index (χ1n) is 9.16. The van der Waals surface area contributed by atoms with Gasteiger partial charge in [-0.1, -0.05) is 35.0 Å². The molecule has 0 aliphatic heterocycles. The van der Waals surface area contributed by atoms with Crippen molar-refractivity contribution in [1.29, 1.82) is 0 Å². The average Bonchev–Trinajstić information content (AvgIpc) is 2.95. The molecule has 30 heavy (non-hydrogen) atoms. The van der Waals surface area contributed by atoms with Gasteiger partial charge in [0, 0.05) is 33.4 Å². The molecule has 9 heteroatoms. The van der Waals surface area contributed by atoms with E-state index in [2.05, 4.69) is 20.5 Å². The van der Waals surface area contributed by atoms with Crippen molar-refractivity contribution in [3.8, 4) is 5.69 Å². The fourth-order valence-electron chi connectivity index (χ4n) is 3.04. The molecular formula is C21H21Cl2N5OS. The number of aryl methyl sites for hydroxylation is 3. The predicted molar refractivity (Wildman–Crippen MR) is 123 cm³/mol. The summed E-state index contributed by atoms with van der Waals surface area (Å²) in [6, 6.07) is 9.20. The zero-order valence-corrected chi connectivity index (χ0v) is 19.4. The van der Waals surface area contributed by atoms with Crippen molar-refractivity contribution in [3.63, 3.8) is 0 Å². The van der Waals surface area contributed by atoms with Gasteiger partial charge in [0.1, 0.15) is 0 Å². The molecule has 1 amide bonds. The van der Waals surface area contributed by atoms with Gasteiger partial charge in [-0.3, -0.25) is 4.79 Å². The summed E-state index contributed by atoms with van der Waals surface area (Å²) in [5.74, 6) is -0.0529. The van der Waals surface area contributed by atoms with Gasteiger partial charge in [0.05, 0.1) is 22.7 Å². The molecular weight excluding hydrogens is 441 g/mol. The molecule has 0 saturated heterocycles. The van der Waals surface area contributed by atoms with Crippen molar-refractivity contribution in [1.82, 2.24) is 20.0 Å². The Morgan fingerprint density at radius 3 is 2.53 bits per heavy atom. The molecule has 0 fully saturated rings. The van der Waals surface area contributed by atoms with Crippen LogP contribution in [-0.4, -0.2) is 32.4 Å². The highest BCUT2D eigenvalue weighted by molar-refractivity contribution is 7.99.